The summed E-state index contributed by atoms with van der Waals surface area (Å²) in [7, 11) is -2.81. The van der Waals surface area contributed by atoms with Crippen LogP contribution >= 0.6 is 0 Å². The first kappa shape index (κ1) is 13.8. The average molecular weight is 298 g/mol. The number of halogens is 1. The number of benzene rings is 1. The van der Waals surface area contributed by atoms with Crippen LogP contribution in [-0.2, 0) is 9.84 Å². The van der Waals surface area contributed by atoms with E-state index in [2.05, 4.69) is 9.80 Å². The summed E-state index contributed by atoms with van der Waals surface area (Å²) in [6, 6.07) is 6.74. The lowest BCUT2D eigenvalue weighted by atomic mass is 10.1. The van der Waals surface area contributed by atoms with Crippen LogP contribution in [0, 0.1) is 5.82 Å². The molecule has 2 aliphatic heterocycles. The van der Waals surface area contributed by atoms with Crippen LogP contribution in [0.15, 0.2) is 24.3 Å². The molecule has 0 radical (unpaired) electrons. The van der Waals surface area contributed by atoms with Crippen molar-refractivity contribution in [3.8, 4) is 0 Å². The van der Waals surface area contributed by atoms with Gasteiger partial charge in [0.1, 0.15) is 5.82 Å². The molecule has 0 amide bonds. The molecule has 1 aromatic carbocycles. The Balaban J connectivity index is 1.58. The Kier molecular flexibility index (Phi) is 3.69. The van der Waals surface area contributed by atoms with E-state index in [1.807, 2.05) is 0 Å². The zero-order valence-corrected chi connectivity index (χ0v) is 12.2. The standard InChI is InChI=1S/C14H19FN2O2S/c15-12-1-3-13(4-2-12)16-6-8-17(9-7-16)14-5-10-20(18,19)11-14/h1-4,14H,5-11H2. The second-order valence-electron chi connectivity index (χ2n) is 5.56. The van der Waals surface area contributed by atoms with Crippen molar-refractivity contribution in [1.82, 2.24) is 4.90 Å². The number of sulfone groups is 1. The van der Waals surface area contributed by atoms with E-state index in [1.165, 1.54) is 12.1 Å². The zero-order chi connectivity index (χ0) is 14.2. The van der Waals surface area contributed by atoms with E-state index >= 15 is 0 Å². The van der Waals surface area contributed by atoms with Gasteiger partial charge in [0.2, 0.25) is 0 Å². The first-order valence-corrected chi connectivity index (χ1v) is 8.81. The van der Waals surface area contributed by atoms with Gasteiger partial charge in [-0.3, -0.25) is 4.90 Å². The molecule has 6 heteroatoms. The molecule has 0 N–H and O–H groups in total. The maximum atomic E-state index is 12.9. The van der Waals surface area contributed by atoms with Crippen molar-refractivity contribution in [2.75, 3.05) is 42.6 Å². The summed E-state index contributed by atoms with van der Waals surface area (Å²) in [6.45, 7) is 3.47. The van der Waals surface area contributed by atoms with Crippen LogP contribution in [0.25, 0.3) is 0 Å². The van der Waals surface area contributed by atoms with Crippen LogP contribution in [0.1, 0.15) is 6.42 Å². The van der Waals surface area contributed by atoms with Gasteiger partial charge < -0.3 is 4.90 Å². The molecule has 3 rings (SSSR count). The summed E-state index contributed by atoms with van der Waals surface area (Å²) in [6.07, 6.45) is 0.763. The van der Waals surface area contributed by atoms with Crippen LogP contribution in [0.3, 0.4) is 0 Å². The van der Waals surface area contributed by atoms with Gasteiger partial charge in [-0.05, 0) is 30.7 Å². The fourth-order valence-corrected chi connectivity index (χ4v) is 4.82. The lowest BCUT2D eigenvalue weighted by Crippen LogP contribution is -2.50. The Morgan fingerprint density at radius 2 is 1.70 bits per heavy atom. The summed E-state index contributed by atoms with van der Waals surface area (Å²) in [5.41, 5.74) is 1.03. The molecule has 1 unspecified atom stereocenters. The molecular formula is C14H19FN2O2S. The Morgan fingerprint density at radius 3 is 2.25 bits per heavy atom. The molecule has 0 spiro atoms. The van der Waals surface area contributed by atoms with Crippen molar-refractivity contribution >= 4 is 15.5 Å². The molecule has 2 saturated heterocycles. The molecule has 2 aliphatic rings. The van der Waals surface area contributed by atoms with Gasteiger partial charge in [0.25, 0.3) is 0 Å². The van der Waals surface area contributed by atoms with Crippen LogP contribution in [0.4, 0.5) is 10.1 Å². The normalized spacial score (nSPS) is 26.9. The highest BCUT2D eigenvalue weighted by Crippen LogP contribution is 2.22. The molecule has 0 saturated carbocycles. The summed E-state index contributed by atoms with van der Waals surface area (Å²) < 4.78 is 36.0. The molecule has 1 atom stereocenters. The minimum absolute atomic E-state index is 0.190. The number of anilines is 1. The number of hydrogen-bond donors (Lipinski definition) is 0. The zero-order valence-electron chi connectivity index (χ0n) is 11.3. The molecule has 2 fully saturated rings. The predicted octanol–water partition coefficient (Wildman–Crippen LogP) is 1.13. The molecule has 0 aliphatic carbocycles. The van der Waals surface area contributed by atoms with Crippen molar-refractivity contribution in [2.24, 2.45) is 0 Å². The molecule has 4 nitrogen and oxygen atoms in total. The van der Waals surface area contributed by atoms with E-state index in [1.54, 1.807) is 12.1 Å². The van der Waals surface area contributed by atoms with Crippen molar-refractivity contribution in [2.45, 2.75) is 12.5 Å². The summed E-state index contributed by atoms with van der Waals surface area (Å²) >= 11 is 0. The highest BCUT2D eigenvalue weighted by atomic mass is 32.2. The molecule has 2 heterocycles. The van der Waals surface area contributed by atoms with Crippen molar-refractivity contribution in [3.05, 3.63) is 30.1 Å². The topological polar surface area (TPSA) is 40.6 Å². The van der Waals surface area contributed by atoms with Gasteiger partial charge in [-0.25, -0.2) is 12.8 Å². The minimum Gasteiger partial charge on any atom is -0.369 e. The van der Waals surface area contributed by atoms with Gasteiger partial charge in [0.05, 0.1) is 11.5 Å². The molecule has 1 aromatic rings. The second-order valence-corrected chi connectivity index (χ2v) is 7.79. The van der Waals surface area contributed by atoms with Crippen LogP contribution < -0.4 is 4.90 Å². The average Bonchev–Trinajstić information content (AvgIpc) is 2.80. The fraction of sp³-hybridized carbons (Fsp3) is 0.571. The quantitative estimate of drug-likeness (QED) is 0.821. The third-order valence-corrected chi connectivity index (χ3v) is 5.98. The molecular weight excluding hydrogens is 279 g/mol. The number of rotatable bonds is 2. The summed E-state index contributed by atoms with van der Waals surface area (Å²) in [5.74, 6) is 0.419. The summed E-state index contributed by atoms with van der Waals surface area (Å²) in [4.78, 5) is 4.50. The van der Waals surface area contributed by atoms with E-state index in [0.29, 0.717) is 11.5 Å². The van der Waals surface area contributed by atoms with Gasteiger partial charge in [0, 0.05) is 37.9 Å². The SMILES string of the molecule is O=S1(=O)CCC(N2CCN(c3ccc(F)cc3)CC2)C1. The fourth-order valence-electron chi connectivity index (χ4n) is 3.06. The third-order valence-electron chi connectivity index (χ3n) is 4.23. The largest absolute Gasteiger partial charge is 0.369 e. The Bertz CT molecular complexity index is 565. The monoisotopic (exact) mass is 298 g/mol. The van der Waals surface area contributed by atoms with Crippen LogP contribution in [0.5, 0.6) is 0 Å². The minimum atomic E-state index is -2.81. The van der Waals surface area contributed by atoms with Gasteiger partial charge in [-0.1, -0.05) is 0 Å². The Morgan fingerprint density at radius 1 is 1.05 bits per heavy atom. The van der Waals surface area contributed by atoms with Gasteiger partial charge in [0.15, 0.2) is 9.84 Å². The molecule has 0 aromatic heterocycles. The summed E-state index contributed by atoms with van der Waals surface area (Å²) in [5, 5.41) is 0. The first-order chi connectivity index (χ1) is 9.53. The maximum absolute atomic E-state index is 12.9. The highest BCUT2D eigenvalue weighted by Gasteiger charge is 2.33. The molecule has 110 valence electrons. The van der Waals surface area contributed by atoms with E-state index in [9.17, 15) is 12.8 Å². The van der Waals surface area contributed by atoms with Gasteiger partial charge in [-0.15, -0.1) is 0 Å². The van der Waals surface area contributed by atoms with Gasteiger partial charge in [-0.2, -0.15) is 0 Å². The third kappa shape index (κ3) is 2.96. The maximum Gasteiger partial charge on any atom is 0.151 e. The van der Waals surface area contributed by atoms with Crippen molar-refractivity contribution in [3.63, 3.8) is 0 Å². The van der Waals surface area contributed by atoms with Crippen LogP contribution in [0.2, 0.25) is 0 Å². The smallest absolute Gasteiger partial charge is 0.151 e. The number of nitrogens with zero attached hydrogens (tertiary/aromatic N) is 2. The van der Waals surface area contributed by atoms with E-state index in [4.69, 9.17) is 0 Å². The van der Waals surface area contributed by atoms with E-state index < -0.39 is 9.84 Å². The predicted molar refractivity (Wildman–Crippen MR) is 77.2 cm³/mol. The highest BCUT2D eigenvalue weighted by molar-refractivity contribution is 7.91. The van der Waals surface area contributed by atoms with E-state index in [-0.39, 0.29) is 11.9 Å². The van der Waals surface area contributed by atoms with Gasteiger partial charge >= 0.3 is 0 Å². The van der Waals surface area contributed by atoms with Crippen molar-refractivity contribution in [1.29, 1.82) is 0 Å². The van der Waals surface area contributed by atoms with Crippen molar-refractivity contribution < 1.29 is 12.8 Å². The number of piperazine rings is 1. The number of hydrogen-bond acceptors (Lipinski definition) is 4. The Hall–Kier alpha value is -1.14. The Labute approximate surface area is 119 Å². The lowest BCUT2D eigenvalue weighted by molar-refractivity contribution is 0.200. The first-order valence-electron chi connectivity index (χ1n) is 6.98. The van der Waals surface area contributed by atoms with E-state index in [0.717, 1.165) is 38.3 Å². The lowest BCUT2D eigenvalue weighted by Gasteiger charge is -2.38. The molecule has 20 heavy (non-hydrogen) atoms. The van der Waals surface area contributed by atoms with Crippen LogP contribution in [-0.4, -0.2) is 57.0 Å². The second kappa shape index (κ2) is 5.33. The molecule has 0 bridgehead atoms.